The average molecular weight is 159 g/mol. The number of hydrogen-bond donors (Lipinski definition) is 3. The molecular formula is C6H9NO4. The van der Waals surface area contributed by atoms with Crippen LogP contribution >= 0.6 is 0 Å². The summed E-state index contributed by atoms with van der Waals surface area (Å²) in [6.45, 7) is -0.998. The molecule has 1 heterocycles. The number of hydrogen-bond acceptors (Lipinski definition) is 4. The summed E-state index contributed by atoms with van der Waals surface area (Å²) in [6, 6.07) is 0. The number of aliphatic hydroxyl groups is 2. The molecule has 0 spiro atoms. The fraction of sp³-hybridized carbons (Fsp3) is 0.667. The maximum absolute atomic E-state index is 10.9. The Balaban J connectivity index is 2.84. The summed E-state index contributed by atoms with van der Waals surface area (Å²) in [6.07, 6.45) is -0.126. The van der Waals surface area contributed by atoms with Gasteiger partial charge in [0.25, 0.3) is 0 Å². The normalized spacial score (nSPS) is 22.0. The molecule has 0 saturated carbocycles. The first-order valence-electron chi connectivity index (χ1n) is 3.20. The second kappa shape index (κ2) is 2.60. The van der Waals surface area contributed by atoms with Gasteiger partial charge in [-0.3, -0.25) is 14.9 Å². The van der Waals surface area contributed by atoms with E-state index in [-0.39, 0.29) is 6.42 Å². The Kier molecular flexibility index (Phi) is 1.92. The fourth-order valence-corrected chi connectivity index (χ4v) is 0.996. The molecule has 62 valence electrons. The Hall–Kier alpha value is -0.940. The van der Waals surface area contributed by atoms with Gasteiger partial charge in [-0.1, -0.05) is 0 Å². The number of nitrogens with one attached hydrogen (secondary N) is 1. The topological polar surface area (TPSA) is 86.6 Å². The minimum Gasteiger partial charge on any atom is -0.395 e. The lowest BCUT2D eigenvalue weighted by atomic mass is 9.88. The minimum atomic E-state index is -1.28. The Morgan fingerprint density at radius 2 is 1.91 bits per heavy atom. The van der Waals surface area contributed by atoms with Gasteiger partial charge in [0.15, 0.2) is 0 Å². The minimum absolute atomic E-state index is 0.126. The van der Waals surface area contributed by atoms with E-state index in [0.717, 1.165) is 0 Å². The number of imide groups is 1. The maximum Gasteiger partial charge on any atom is 0.237 e. The van der Waals surface area contributed by atoms with Gasteiger partial charge in [-0.05, 0) is 0 Å². The van der Waals surface area contributed by atoms with Gasteiger partial charge < -0.3 is 10.2 Å². The molecule has 0 atom stereocenters. The smallest absolute Gasteiger partial charge is 0.237 e. The third-order valence-electron chi connectivity index (χ3n) is 1.84. The number of carbonyl (C=O) groups excluding carboxylic acids is 2. The Morgan fingerprint density at radius 1 is 1.36 bits per heavy atom. The van der Waals surface area contributed by atoms with E-state index >= 15 is 0 Å². The number of carbonyl (C=O) groups is 2. The maximum atomic E-state index is 10.9. The van der Waals surface area contributed by atoms with Crippen LogP contribution in [0.15, 0.2) is 0 Å². The lowest BCUT2D eigenvalue weighted by Gasteiger charge is -2.17. The summed E-state index contributed by atoms with van der Waals surface area (Å²) in [4.78, 5) is 21.5. The highest BCUT2D eigenvalue weighted by Gasteiger charge is 2.45. The highest BCUT2D eigenvalue weighted by molar-refractivity contribution is 6.06. The first kappa shape index (κ1) is 8.16. The third kappa shape index (κ3) is 1.12. The molecule has 5 nitrogen and oxygen atoms in total. The summed E-state index contributed by atoms with van der Waals surface area (Å²) < 4.78 is 0. The quantitative estimate of drug-likeness (QED) is 0.407. The van der Waals surface area contributed by atoms with Gasteiger partial charge in [0, 0.05) is 6.42 Å². The average Bonchev–Trinajstić information content (AvgIpc) is 2.27. The Labute approximate surface area is 63.0 Å². The van der Waals surface area contributed by atoms with Gasteiger partial charge in [-0.2, -0.15) is 0 Å². The van der Waals surface area contributed by atoms with Crippen LogP contribution in [0.4, 0.5) is 0 Å². The van der Waals surface area contributed by atoms with Gasteiger partial charge in [-0.15, -0.1) is 0 Å². The fourth-order valence-electron chi connectivity index (χ4n) is 0.996. The molecule has 1 fully saturated rings. The Bertz CT molecular complexity index is 197. The van der Waals surface area contributed by atoms with Crippen LogP contribution in [0.2, 0.25) is 0 Å². The van der Waals surface area contributed by atoms with Crippen molar-refractivity contribution in [3.63, 3.8) is 0 Å². The molecule has 1 saturated heterocycles. The van der Waals surface area contributed by atoms with E-state index in [2.05, 4.69) is 0 Å². The molecule has 1 aliphatic heterocycles. The summed E-state index contributed by atoms with van der Waals surface area (Å²) >= 11 is 0. The summed E-state index contributed by atoms with van der Waals surface area (Å²) in [7, 11) is 0. The van der Waals surface area contributed by atoms with Crippen molar-refractivity contribution >= 4 is 11.8 Å². The number of aliphatic hydroxyl groups excluding tert-OH is 2. The first-order valence-corrected chi connectivity index (χ1v) is 3.20. The molecule has 0 aromatic carbocycles. The van der Waals surface area contributed by atoms with E-state index in [1.54, 1.807) is 0 Å². The van der Waals surface area contributed by atoms with Crippen LogP contribution in [-0.4, -0.2) is 35.2 Å². The molecule has 1 rings (SSSR count). The van der Waals surface area contributed by atoms with Crippen LogP contribution in [0.5, 0.6) is 0 Å². The molecule has 0 bridgehead atoms. The van der Waals surface area contributed by atoms with Crippen molar-refractivity contribution in [3.05, 3.63) is 0 Å². The Morgan fingerprint density at radius 3 is 2.09 bits per heavy atom. The van der Waals surface area contributed by atoms with E-state index in [0.29, 0.717) is 0 Å². The van der Waals surface area contributed by atoms with Crippen molar-refractivity contribution in [3.8, 4) is 0 Å². The monoisotopic (exact) mass is 159 g/mol. The van der Waals surface area contributed by atoms with Crippen molar-refractivity contribution in [2.24, 2.45) is 5.41 Å². The molecule has 0 aromatic rings. The summed E-state index contributed by atoms with van der Waals surface area (Å²) in [5, 5.41) is 19.5. The molecule has 3 N–H and O–H groups in total. The standard InChI is InChI=1S/C6H9NO4/c8-2-6(3-9)1-4(10)7-5(6)11/h8-9H,1-3H2,(H,7,10,11). The molecule has 5 heteroatoms. The predicted octanol–water partition coefficient (Wildman–Crippen LogP) is -2.00. The van der Waals surface area contributed by atoms with Crippen LogP contribution in [0, 0.1) is 5.41 Å². The number of amides is 2. The largest absolute Gasteiger partial charge is 0.395 e. The van der Waals surface area contributed by atoms with E-state index in [9.17, 15) is 9.59 Å². The zero-order valence-corrected chi connectivity index (χ0v) is 5.83. The molecule has 11 heavy (non-hydrogen) atoms. The molecule has 1 aliphatic rings. The van der Waals surface area contributed by atoms with Crippen molar-refractivity contribution in [2.45, 2.75) is 6.42 Å². The summed E-state index contributed by atoms with van der Waals surface area (Å²) in [5.74, 6) is -1.04. The van der Waals surface area contributed by atoms with Crippen LogP contribution < -0.4 is 5.32 Å². The zero-order chi connectivity index (χ0) is 8.48. The lowest BCUT2D eigenvalue weighted by molar-refractivity contribution is -0.132. The predicted molar refractivity (Wildman–Crippen MR) is 34.4 cm³/mol. The second-order valence-electron chi connectivity index (χ2n) is 2.65. The van der Waals surface area contributed by atoms with Crippen LogP contribution in [0.1, 0.15) is 6.42 Å². The second-order valence-corrected chi connectivity index (χ2v) is 2.65. The van der Waals surface area contributed by atoms with Gasteiger partial charge in [0.05, 0.1) is 13.2 Å². The highest BCUT2D eigenvalue weighted by atomic mass is 16.3. The molecular weight excluding hydrogens is 150 g/mol. The van der Waals surface area contributed by atoms with Crippen LogP contribution in [0.25, 0.3) is 0 Å². The van der Waals surface area contributed by atoms with Crippen LogP contribution in [-0.2, 0) is 9.59 Å². The highest BCUT2D eigenvalue weighted by Crippen LogP contribution is 2.25. The van der Waals surface area contributed by atoms with E-state index in [1.807, 2.05) is 5.32 Å². The van der Waals surface area contributed by atoms with Crippen molar-refractivity contribution < 1.29 is 19.8 Å². The third-order valence-corrected chi connectivity index (χ3v) is 1.84. The van der Waals surface area contributed by atoms with Crippen LogP contribution in [0.3, 0.4) is 0 Å². The molecule has 0 aliphatic carbocycles. The zero-order valence-electron chi connectivity index (χ0n) is 5.83. The molecule has 0 aromatic heterocycles. The van der Waals surface area contributed by atoms with Gasteiger partial charge >= 0.3 is 0 Å². The van der Waals surface area contributed by atoms with Crippen molar-refractivity contribution in [2.75, 3.05) is 13.2 Å². The first-order chi connectivity index (χ1) is 5.14. The number of rotatable bonds is 2. The van der Waals surface area contributed by atoms with Gasteiger partial charge in [0.2, 0.25) is 11.8 Å². The van der Waals surface area contributed by atoms with Gasteiger partial charge in [-0.25, -0.2) is 0 Å². The lowest BCUT2D eigenvalue weighted by Crippen LogP contribution is -2.37. The SMILES string of the molecule is O=C1CC(CO)(CO)C(=O)N1. The van der Waals surface area contributed by atoms with Crippen molar-refractivity contribution in [1.29, 1.82) is 0 Å². The van der Waals surface area contributed by atoms with Crippen molar-refractivity contribution in [1.82, 2.24) is 5.32 Å². The van der Waals surface area contributed by atoms with E-state index in [4.69, 9.17) is 10.2 Å². The molecule has 0 radical (unpaired) electrons. The van der Waals surface area contributed by atoms with E-state index < -0.39 is 30.4 Å². The van der Waals surface area contributed by atoms with Gasteiger partial charge in [0.1, 0.15) is 5.41 Å². The molecule has 2 amide bonds. The summed E-state index contributed by atoms with van der Waals surface area (Å²) in [5.41, 5.74) is -1.28. The molecule has 0 unspecified atom stereocenters. The van der Waals surface area contributed by atoms with E-state index in [1.165, 1.54) is 0 Å².